The molecule has 5 nitrogen and oxygen atoms in total. The van der Waals surface area contributed by atoms with Gasteiger partial charge in [0.15, 0.2) is 0 Å². The molecule has 0 aliphatic carbocycles. The zero-order valence-corrected chi connectivity index (χ0v) is 10.4. The van der Waals surface area contributed by atoms with Crippen LogP contribution in [0.5, 0.6) is 0 Å². The number of anilines is 1. The Morgan fingerprint density at radius 2 is 2.24 bits per heavy atom. The lowest BCUT2D eigenvalue weighted by atomic mass is 10.2. The van der Waals surface area contributed by atoms with Crippen LogP contribution in [0.2, 0.25) is 0 Å². The van der Waals surface area contributed by atoms with Crippen LogP contribution in [0, 0.1) is 17.0 Å². The van der Waals surface area contributed by atoms with Gasteiger partial charge in [-0.1, -0.05) is 6.07 Å². The van der Waals surface area contributed by atoms with E-state index in [0.717, 1.165) is 5.56 Å². The topological polar surface area (TPSA) is 64.4 Å². The highest BCUT2D eigenvalue weighted by atomic mass is 16.6. The molecule has 0 saturated heterocycles. The van der Waals surface area contributed by atoms with Crippen molar-refractivity contribution in [2.45, 2.75) is 26.8 Å². The summed E-state index contributed by atoms with van der Waals surface area (Å²) < 4.78 is 5.26. The number of hydrogen-bond donors (Lipinski definition) is 1. The van der Waals surface area contributed by atoms with Crippen molar-refractivity contribution < 1.29 is 9.66 Å². The summed E-state index contributed by atoms with van der Waals surface area (Å²) >= 11 is 0. The summed E-state index contributed by atoms with van der Waals surface area (Å²) in [4.78, 5) is 10.5. The summed E-state index contributed by atoms with van der Waals surface area (Å²) in [6.45, 7) is 6.85. The zero-order chi connectivity index (χ0) is 12.8. The quantitative estimate of drug-likeness (QED) is 0.611. The molecule has 0 heterocycles. The van der Waals surface area contributed by atoms with E-state index in [1.165, 1.54) is 0 Å². The Hall–Kier alpha value is -1.62. The van der Waals surface area contributed by atoms with Gasteiger partial charge in [-0.05, 0) is 32.4 Å². The Kier molecular flexibility index (Phi) is 4.90. The summed E-state index contributed by atoms with van der Waals surface area (Å²) in [5.41, 5.74) is 1.51. The van der Waals surface area contributed by atoms with E-state index < -0.39 is 0 Å². The maximum atomic E-state index is 10.9. The van der Waals surface area contributed by atoms with Crippen LogP contribution in [-0.4, -0.2) is 24.2 Å². The number of rotatable bonds is 6. The first-order valence-corrected chi connectivity index (χ1v) is 5.64. The Morgan fingerprint density at radius 3 is 2.82 bits per heavy atom. The molecular formula is C12H18N2O3. The van der Waals surface area contributed by atoms with Crippen LogP contribution in [0.4, 0.5) is 11.4 Å². The third-order valence-corrected chi connectivity index (χ3v) is 2.32. The van der Waals surface area contributed by atoms with Gasteiger partial charge < -0.3 is 10.1 Å². The molecule has 0 spiro atoms. The highest BCUT2D eigenvalue weighted by molar-refractivity contribution is 5.62. The van der Waals surface area contributed by atoms with E-state index in [2.05, 4.69) is 5.32 Å². The maximum Gasteiger partial charge on any atom is 0.292 e. The van der Waals surface area contributed by atoms with Crippen molar-refractivity contribution in [3.63, 3.8) is 0 Å². The fourth-order valence-corrected chi connectivity index (χ4v) is 1.52. The zero-order valence-electron chi connectivity index (χ0n) is 10.4. The molecule has 0 radical (unpaired) electrons. The predicted octanol–water partition coefficient (Wildman–Crippen LogP) is 2.74. The van der Waals surface area contributed by atoms with Crippen molar-refractivity contribution >= 4 is 11.4 Å². The van der Waals surface area contributed by atoms with Gasteiger partial charge >= 0.3 is 0 Å². The summed E-state index contributed by atoms with van der Waals surface area (Å²) in [7, 11) is 0. The van der Waals surface area contributed by atoms with Gasteiger partial charge in [-0.2, -0.15) is 0 Å². The first kappa shape index (κ1) is 13.4. The van der Waals surface area contributed by atoms with Crippen LogP contribution in [0.3, 0.4) is 0 Å². The molecule has 0 aliphatic rings. The molecule has 5 heteroatoms. The monoisotopic (exact) mass is 238 g/mol. The van der Waals surface area contributed by atoms with E-state index >= 15 is 0 Å². The molecule has 0 saturated carbocycles. The van der Waals surface area contributed by atoms with Crippen molar-refractivity contribution in [1.82, 2.24) is 0 Å². The molecule has 0 amide bonds. The van der Waals surface area contributed by atoms with Crippen molar-refractivity contribution in [1.29, 1.82) is 0 Å². The summed E-state index contributed by atoms with van der Waals surface area (Å²) in [5, 5.41) is 14.0. The third kappa shape index (κ3) is 4.03. The molecule has 0 aliphatic heterocycles. The Labute approximate surface area is 101 Å². The number of nitrogens with one attached hydrogen (secondary N) is 1. The van der Waals surface area contributed by atoms with Crippen LogP contribution in [-0.2, 0) is 4.74 Å². The average molecular weight is 238 g/mol. The Balaban J connectivity index is 2.79. The molecule has 0 bridgehead atoms. The minimum absolute atomic E-state index is 0.0383. The molecule has 1 atom stereocenters. The standard InChI is InChI=1S/C12H18N2O3/c1-4-17-8-10(3)13-11-6-5-9(2)7-12(11)14(15)16/h5-7,10,13H,4,8H2,1-3H3. The minimum atomic E-state index is -0.372. The van der Waals surface area contributed by atoms with Gasteiger partial charge in [0.1, 0.15) is 5.69 Å². The second kappa shape index (κ2) is 6.20. The highest BCUT2D eigenvalue weighted by Crippen LogP contribution is 2.25. The Morgan fingerprint density at radius 1 is 1.53 bits per heavy atom. The van der Waals surface area contributed by atoms with Crippen molar-refractivity contribution in [3.05, 3.63) is 33.9 Å². The largest absolute Gasteiger partial charge is 0.380 e. The third-order valence-electron chi connectivity index (χ3n) is 2.32. The van der Waals surface area contributed by atoms with Gasteiger partial charge in [0, 0.05) is 18.7 Å². The minimum Gasteiger partial charge on any atom is -0.380 e. The van der Waals surface area contributed by atoms with Gasteiger partial charge in [-0.25, -0.2) is 0 Å². The second-order valence-corrected chi connectivity index (χ2v) is 3.98. The molecule has 1 aromatic carbocycles. The summed E-state index contributed by atoms with van der Waals surface area (Å²) in [6.07, 6.45) is 0. The summed E-state index contributed by atoms with van der Waals surface area (Å²) in [6, 6.07) is 5.19. The van der Waals surface area contributed by atoms with Crippen LogP contribution in [0.15, 0.2) is 18.2 Å². The number of nitrogens with zero attached hydrogens (tertiary/aromatic N) is 1. The highest BCUT2D eigenvalue weighted by Gasteiger charge is 2.15. The molecule has 1 rings (SSSR count). The van der Waals surface area contributed by atoms with Gasteiger partial charge in [-0.3, -0.25) is 10.1 Å². The lowest BCUT2D eigenvalue weighted by molar-refractivity contribution is -0.384. The van der Waals surface area contributed by atoms with E-state index in [0.29, 0.717) is 18.9 Å². The number of nitro groups is 1. The van der Waals surface area contributed by atoms with Crippen LogP contribution in [0.25, 0.3) is 0 Å². The summed E-state index contributed by atoms with van der Waals surface area (Å²) in [5.74, 6) is 0. The lowest BCUT2D eigenvalue weighted by Gasteiger charge is -2.15. The predicted molar refractivity (Wildman–Crippen MR) is 67.4 cm³/mol. The smallest absolute Gasteiger partial charge is 0.292 e. The second-order valence-electron chi connectivity index (χ2n) is 3.98. The van der Waals surface area contributed by atoms with Crippen LogP contribution in [0.1, 0.15) is 19.4 Å². The van der Waals surface area contributed by atoms with Gasteiger partial charge in [-0.15, -0.1) is 0 Å². The SMILES string of the molecule is CCOCC(C)Nc1ccc(C)cc1[N+](=O)[O-]. The Bertz CT molecular complexity index is 393. The van der Waals surface area contributed by atoms with Gasteiger partial charge in [0.2, 0.25) is 0 Å². The number of nitro benzene ring substituents is 1. The van der Waals surface area contributed by atoms with Gasteiger partial charge in [0.05, 0.1) is 11.5 Å². The number of hydrogen-bond acceptors (Lipinski definition) is 4. The van der Waals surface area contributed by atoms with Gasteiger partial charge in [0.25, 0.3) is 5.69 Å². The van der Waals surface area contributed by atoms with Crippen molar-refractivity contribution in [3.8, 4) is 0 Å². The fraction of sp³-hybridized carbons (Fsp3) is 0.500. The van der Waals surface area contributed by atoms with Crippen LogP contribution < -0.4 is 5.32 Å². The van der Waals surface area contributed by atoms with E-state index in [9.17, 15) is 10.1 Å². The molecule has 0 aromatic heterocycles. The van der Waals surface area contributed by atoms with E-state index in [4.69, 9.17) is 4.74 Å². The number of benzene rings is 1. The normalized spacial score (nSPS) is 12.2. The molecule has 0 fully saturated rings. The van der Waals surface area contributed by atoms with Crippen molar-refractivity contribution in [2.75, 3.05) is 18.5 Å². The number of ether oxygens (including phenoxy) is 1. The molecule has 1 aromatic rings. The number of aryl methyl sites for hydroxylation is 1. The first-order chi connectivity index (χ1) is 8.04. The van der Waals surface area contributed by atoms with Crippen molar-refractivity contribution in [2.24, 2.45) is 0 Å². The fourth-order valence-electron chi connectivity index (χ4n) is 1.52. The maximum absolute atomic E-state index is 10.9. The molecule has 17 heavy (non-hydrogen) atoms. The molecule has 1 unspecified atom stereocenters. The molecular weight excluding hydrogens is 220 g/mol. The van der Waals surface area contributed by atoms with E-state index in [1.807, 2.05) is 26.8 Å². The average Bonchev–Trinajstić information content (AvgIpc) is 2.28. The molecule has 94 valence electrons. The molecule has 1 N–H and O–H groups in total. The van der Waals surface area contributed by atoms with E-state index in [1.54, 1.807) is 12.1 Å². The van der Waals surface area contributed by atoms with Crippen LogP contribution >= 0.6 is 0 Å². The lowest BCUT2D eigenvalue weighted by Crippen LogP contribution is -2.22. The first-order valence-electron chi connectivity index (χ1n) is 5.64. The van der Waals surface area contributed by atoms with E-state index in [-0.39, 0.29) is 16.7 Å².